The van der Waals surface area contributed by atoms with Crippen LogP contribution in [-0.2, 0) is 16.1 Å². The summed E-state index contributed by atoms with van der Waals surface area (Å²) in [7, 11) is 0. The van der Waals surface area contributed by atoms with Gasteiger partial charge in [0.05, 0.1) is 17.0 Å². The van der Waals surface area contributed by atoms with Crippen LogP contribution in [0.1, 0.15) is 39.1 Å². The zero-order valence-electron chi connectivity index (χ0n) is 15.2. The van der Waals surface area contributed by atoms with Crippen LogP contribution in [0.3, 0.4) is 0 Å². The molecule has 8 nitrogen and oxygen atoms in total. The maximum Gasteiger partial charge on any atom is 0.394 e. The van der Waals surface area contributed by atoms with E-state index in [9.17, 15) is 32.3 Å². The lowest BCUT2D eigenvalue weighted by Crippen LogP contribution is -2.54. The fourth-order valence-corrected chi connectivity index (χ4v) is 3.35. The third-order valence-electron chi connectivity index (χ3n) is 4.97. The number of nitrogens with two attached hydrogens (primary N) is 1. The number of rotatable bonds is 6. The van der Waals surface area contributed by atoms with Gasteiger partial charge in [-0.05, 0) is 24.1 Å². The third-order valence-corrected chi connectivity index (χ3v) is 4.97. The molecule has 1 saturated heterocycles. The first-order valence-corrected chi connectivity index (χ1v) is 8.95. The van der Waals surface area contributed by atoms with Crippen LogP contribution in [0.25, 0.3) is 0 Å². The lowest BCUT2D eigenvalue weighted by molar-refractivity contribution is -0.170. The number of carbonyl (C=O) groups is 4. The van der Waals surface area contributed by atoms with Crippen LogP contribution in [0, 0.1) is 5.92 Å². The fourth-order valence-electron chi connectivity index (χ4n) is 3.35. The molecule has 11 heteroatoms. The van der Waals surface area contributed by atoms with Gasteiger partial charge in [-0.25, -0.2) is 0 Å². The molecule has 0 aromatic heterocycles. The Kier molecular flexibility index (Phi) is 5.71. The number of benzene rings is 1. The second-order valence-electron chi connectivity index (χ2n) is 6.93. The summed E-state index contributed by atoms with van der Waals surface area (Å²) >= 11 is 0. The molecule has 1 aromatic rings. The monoisotopic (exact) mass is 412 g/mol. The molecule has 1 aromatic carbocycles. The minimum Gasteiger partial charge on any atom is -0.330 e. The molecule has 2 unspecified atom stereocenters. The molecule has 2 heterocycles. The second kappa shape index (κ2) is 7.91. The Morgan fingerprint density at radius 3 is 2.48 bits per heavy atom. The standard InChI is InChI=1S/C18H19F3N4O4/c19-18(20,21)10(6-22)8-23-7-9-1-2-11-12(5-9)17(29)25(16(11)28)13-3-4-14(26)24-15(13)27/h1-2,5,10,13,23H,3-4,6-8,22H2,(H,24,26,27). The minimum absolute atomic E-state index is 0.0144. The van der Waals surface area contributed by atoms with Gasteiger partial charge in [0.2, 0.25) is 11.8 Å². The van der Waals surface area contributed by atoms with Crippen molar-refractivity contribution in [2.45, 2.75) is 31.6 Å². The molecular weight excluding hydrogens is 393 g/mol. The molecule has 156 valence electrons. The number of nitrogens with one attached hydrogen (secondary N) is 2. The van der Waals surface area contributed by atoms with Crippen molar-refractivity contribution >= 4 is 23.6 Å². The van der Waals surface area contributed by atoms with Crippen LogP contribution in [0.4, 0.5) is 13.2 Å². The van der Waals surface area contributed by atoms with E-state index < -0.39 is 48.3 Å². The van der Waals surface area contributed by atoms with Gasteiger partial charge in [0.1, 0.15) is 6.04 Å². The highest BCUT2D eigenvalue weighted by molar-refractivity contribution is 6.23. The summed E-state index contributed by atoms with van der Waals surface area (Å²) in [6.07, 6.45) is -4.35. The molecule has 2 aliphatic rings. The van der Waals surface area contributed by atoms with E-state index in [0.29, 0.717) is 5.56 Å². The zero-order chi connectivity index (χ0) is 21.3. The number of carbonyl (C=O) groups excluding carboxylic acids is 4. The predicted octanol–water partition coefficient (Wildman–Crippen LogP) is 0.315. The number of alkyl halides is 3. The number of piperidine rings is 1. The van der Waals surface area contributed by atoms with Crippen molar-refractivity contribution in [3.63, 3.8) is 0 Å². The van der Waals surface area contributed by atoms with Crippen molar-refractivity contribution in [3.05, 3.63) is 34.9 Å². The normalized spacial score (nSPS) is 20.7. The van der Waals surface area contributed by atoms with Gasteiger partial charge in [0.15, 0.2) is 0 Å². The third kappa shape index (κ3) is 4.15. The van der Waals surface area contributed by atoms with Crippen LogP contribution in [0.2, 0.25) is 0 Å². The first-order chi connectivity index (χ1) is 13.6. The summed E-state index contributed by atoms with van der Waals surface area (Å²) in [6, 6.07) is 3.27. The maximum absolute atomic E-state index is 12.7. The number of halogens is 3. The van der Waals surface area contributed by atoms with E-state index in [1.807, 2.05) is 0 Å². The molecule has 4 N–H and O–H groups in total. The van der Waals surface area contributed by atoms with Crippen molar-refractivity contribution < 1.29 is 32.3 Å². The summed E-state index contributed by atoms with van der Waals surface area (Å²) in [4.78, 5) is 49.4. The molecule has 2 atom stereocenters. The number of hydrogen-bond donors (Lipinski definition) is 3. The molecule has 0 spiro atoms. The minimum atomic E-state index is -4.41. The van der Waals surface area contributed by atoms with Gasteiger partial charge in [-0.2, -0.15) is 13.2 Å². The number of nitrogens with zero attached hydrogens (tertiary/aromatic N) is 1. The van der Waals surface area contributed by atoms with Gasteiger partial charge in [-0.3, -0.25) is 29.4 Å². The van der Waals surface area contributed by atoms with Crippen LogP contribution >= 0.6 is 0 Å². The molecular formula is C18H19F3N4O4. The van der Waals surface area contributed by atoms with Crippen molar-refractivity contribution in [3.8, 4) is 0 Å². The van der Waals surface area contributed by atoms with E-state index >= 15 is 0 Å². The van der Waals surface area contributed by atoms with E-state index in [-0.39, 0.29) is 37.1 Å². The van der Waals surface area contributed by atoms with E-state index in [0.717, 1.165) is 4.90 Å². The first-order valence-electron chi connectivity index (χ1n) is 8.95. The lowest BCUT2D eigenvalue weighted by Gasteiger charge is -2.27. The molecule has 0 bridgehead atoms. The molecule has 0 aliphatic carbocycles. The zero-order valence-corrected chi connectivity index (χ0v) is 15.2. The Bertz CT molecular complexity index is 871. The Morgan fingerprint density at radius 2 is 1.86 bits per heavy atom. The van der Waals surface area contributed by atoms with Gasteiger partial charge in [0.25, 0.3) is 11.8 Å². The highest BCUT2D eigenvalue weighted by atomic mass is 19.4. The van der Waals surface area contributed by atoms with Crippen molar-refractivity contribution in [1.82, 2.24) is 15.5 Å². The number of fused-ring (bicyclic) bond motifs is 1. The number of amides is 4. The van der Waals surface area contributed by atoms with Crippen molar-refractivity contribution in [2.24, 2.45) is 11.7 Å². The van der Waals surface area contributed by atoms with E-state index in [2.05, 4.69) is 10.6 Å². The van der Waals surface area contributed by atoms with Gasteiger partial charge in [-0.1, -0.05) is 6.07 Å². The van der Waals surface area contributed by atoms with Crippen molar-refractivity contribution in [2.75, 3.05) is 13.1 Å². The van der Waals surface area contributed by atoms with Gasteiger partial charge in [0, 0.05) is 26.1 Å². The molecule has 4 amide bonds. The summed E-state index contributed by atoms with van der Waals surface area (Å²) in [5.74, 6) is -4.18. The van der Waals surface area contributed by atoms with Crippen LogP contribution in [0.5, 0.6) is 0 Å². The van der Waals surface area contributed by atoms with E-state index in [4.69, 9.17) is 5.73 Å². The Balaban J connectivity index is 1.71. The predicted molar refractivity (Wildman–Crippen MR) is 93.4 cm³/mol. The van der Waals surface area contributed by atoms with Gasteiger partial charge < -0.3 is 11.1 Å². The average molecular weight is 412 g/mol. The summed E-state index contributed by atoms with van der Waals surface area (Å²) < 4.78 is 38.2. The first kappa shape index (κ1) is 20.9. The average Bonchev–Trinajstić information content (AvgIpc) is 2.89. The molecule has 0 radical (unpaired) electrons. The summed E-state index contributed by atoms with van der Waals surface area (Å²) in [6.45, 7) is -0.888. The SMILES string of the molecule is NCC(CNCc1ccc2c(c1)C(=O)N(C1CCC(=O)NC1=O)C2=O)C(F)(F)F. The van der Waals surface area contributed by atoms with E-state index in [1.165, 1.54) is 18.2 Å². The highest BCUT2D eigenvalue weighted by Crippen LogP contribution is 2.28. The van der Waals surface area contributed by atoms with Crippen LogP contribution in [0.15, 0.2) is 18.2 Å². The Morgan fingerprint density at radius 1 is 1.17 bits per heavy atom. The Labute approximate surface area is 163 Å². The summed E-state index contributed by atoms with van der Waals surface area (Å²) in [5, 5.41) is 4.76. The van der Waals surface area contributed by atoms with Crippen LogP contribution < -0.4 is 16.4 Å². The van der Waals surface area contributed by atoms with E-state index in [1.54, 1.807) is 0 Å². The maximum atomic E-state index is 12.7. The van der Waals surface area contributed by atoms with Crippen molar-refractivity contribution in [1.29, 1.82) is 0 Å². The smallest absolute Gasteiger partial charge is 0.330 e. The Hall–Kier alpha value is -2.79. The number of imide groups is 2. The largest absolute Gasteiger partial charge is 0.394 e. The lowest BCUT2D eigenvalue weighted by atomic mass is 10.0. The van der Waals surface area contributed by atoms with Gasteiger partial charge >= 0.3 is 6.18 Å². The molecule has 1 fully saturated rings. The molecule has 29 heavy (non-hydrogen) atoms. The molecule has 3 rings (SSSR count). The highest BCUT2D eigenvalue weighted by Gasteiger charge is 2.44. The molecule has 0 saturated carbocycles. The topological polar surface area (TPSA) is 122 Å². The van der Waals surface area contributed by atoms with Gasteiger partial charge in [-0.15, -0.1) is 0 Å². The number of hydrogen-bond acceptors (Lipinski definition) is 6. The molecule has 2 aliphatic heterocycles. The quantitative estimate of drug-likeness (QED) is 0.579. The summed E-state index contributed by atoms with van der Waals surface area (Å²) in [5.41, 5.74) is 5.84. The fraction of sp³-hybridized carbons (Fsp3) is 0.444. The second-order valence-corrected chi connectivity index (χ2v) is 6.93. The van der Waals surface area contributed by atoms with Crippen LogP contribution in [-0.4, -0.2) is 53.8 Å².